The normalized spacial score (nSPS) is 11.6. The lowest BCUT2D eigenvalue weighted by Crippen LogP contribution is -2.36. The molecule has 0 saturated carbocycles. The van der Waals surface area contributed by atoms with Crippen LogP contribution in [0.5, 0.6) is 0 Å². The second-order valence-corrected chi connectivity index (χ2v) is 3.61. The van der Waals surface area contributed by atoms with Crippen molar-refractivity contribution < 1.29 is 9.90 Å². The number of hydrogen-bond donors (Lipinski definition) is 1. The van der Waals surface area contributed by atoms with E-state index in [-0.39, 0.29) is 12.5 Å². The first-order valence-electron chi connectivity index (χ1n) is 5.30. The number of nitrogens with zero attached hydrogens (tertiary/aromatic N) is 4. The van der Waals surface area contributed by atoms with E-state index in [0.29, 0.717) is 17.9 Å². The van der Waals surface area contributed by atoms with Gasteiger partial charge in [-0.05, 0) is 19.9 Å². The molecule has 6 nitrogen and oxygen atoms in total. The van der Waals surface area contributed by atoms with Crippen molar-refractivity contribution in [2.24, 2.45) is 0 Å². The summed E-state index contributed by atoms with van der Waals surface area (Å²) in [5.74, 6) is -0.440. The van der Waals surface area contributed by atoms with Crippen molar-refractivity contribution in [3.63, 3.8) is 0 Å². The fourth-order valence-corrected chi connectivity index (χ4v) is 1.66. The van der Waals surface area contributed by atoms with Gasteiger partial charge in [0, 0.05) is 12.6 Å². The Morgan fingerprint density at radius 1 is 1.71 bits per heavy atom. The highest BCUT2D eigenvalue weighted by molar-refractivity contribution is 5.68. The number of aliphatic carboxylic acids is 1. The highest BCUT2D eigenvalue weighted by atomic mass is 16.4. The summed E-state index contributed by atoms with van der Waals surface area (Å²) in [6.07, 6.45) is 1.44. The molecular formula is C11H14N4O2. The van der Waals surface area contributed by atoms with E-state index in [1.807, 2.05) is 13.0 Å². The molecule has 0 fully saturated rings. The highest BCUT2D eigenvalue weighted by Gasteiger charge is 2.19. The first kappa shape index (κ1) is 12.9. The smallest absolute Gasteiger partial charge is 0.305 e. The molecule has 1 atom stereocenters. The lowest BCUT2D eigenvalue weighted by atomic mass is 10.2. The van der Waals surface area contributed by atoms with Crippen LogP contribution in [-0.4, -0.2) is 33.9 Å². The van der Waals surface area contributed by atoms with Gasteiger partial charge in [-0.1, -0.05) is 0 Å². The summed E-state index contributed by atoms with van der Waals surface area (Å²) in [7, 11) is 0. The van der Waals surface area contributed by atoms with Gasteiger partial charge in [0.1, 0.15) is 6.07 Å². The van der Waals surface area contributed by atoms with E-state index in [4.69, 9.17) is 10.4 Å². The van der Waals surface area contributed by atoms with Crippen LogP contribution in [0.2, 0.25) is 0 Å². The molecule has 1 aromatic heterocycles. The predicted octanol–water partition coefficient (Wildman–Crippen LogP) is 1.04. The number of carboxylic acid groups (broad SMARTS) is 1. The molecule has 1 aromatic rings. The molecule has 0 aliphatic carbocycles. The number of rotatable bonds is 5. The zero-order chi connectivity index (χ0) is 12.8. The van der Waals surface area contributed by atoms with Gasteiger partial charge >= 0.3 is 5.97 Å². The molecule has 0 amide bonds. The van der Waals surface area contributed by atoms with Gasteiger partial charge in [-0.15, -0.1) is 5.10 Å². The Morgan fingerprint density at radius 3 is 2.94 bits per heavy atom. The monoisotopic (exact) mass is 234 g/mol. The Hall–Kier alpha value is -2.16. The average molecular weight is 234 g/mol. The summed E-state index contributed by atoms with van der Waals surface area (Å²) in [6.45, 7) is 4.24. The summed E-state index contributed by atoms with van der Waals surface area (Å²) in [5, 5.41) is 25.4. The van der Waals surface area contributed by atoms with Crippen molar-refractivity contribution >= 4 is 11.8 Å². The molecule has 17 heavy (non-hydrogen) atoms. The van der Waals surface area contributed by atoms with Crippen LogP contribution in [0.3, 0.4) is 0 Å². The van der Waals surface area contributed by atoms with E-state index >= 15 is 0 Å². The molecule has 1 heterocycles. The van der Waals surface area contributed by atoms with Crippen molar-refractivity contribution in [2.75, 3.05) is 11.4 Å². The van der Waals surface area contributed by atoms with E-state index in [2.05, 4.69) is 10.2 Å². The minimum absolute atomic E-state index is 0.00468. The maximum Gasteiger partial charge on any atom is 0.305 e. The molecule has 0 aromatic carbocycles. The third-order valence-electron chi connectivity index (χ3n) is 2.44. The summed E-state index contributed by atoms with van der Waals surface area (Å²) >= 11 is 0. The summed E-state index contributed by atoms with van der Waals surface area (Å²) < 4.78 is 0. The molecule has 0 aliphatic heterocycles. The van der Waals surface area contributed by atoms with Crippen LogP contribution in [0.4, 0.5) is 5.82 Å². The van der Waals surface area contributed by atoms with Crippen LogP contribution in [-0.2, 0) is 4.79 Å². The Labute approximate surface area is 99.5 Å². The van der Waals surface area contributed by atoms with Crippen LogP contribution in [0.15, 0.2) is 12.3 Å². The maximum absolute atomic E-state index is 10.7. The largest absolute Gasteiger partial charge is 0.481 e. The maximum atomic E-state index is 10.7. The molecule has 1 unspecified atom stereocenters. The van der Waals surface area contributed by atoms with E-state index in [1.165, 1.54) is 6.20 Å². The molecular weight excluding hydrogens is 220 g/mol. The van der Waals surface area contributed by atoms with E-state index in [9.17, 15) is 4.79 Å². The van der Waals surface area contributed by atoms with Crippen molar-refractivity contribution in [3.05, 3.63) is 17.8 Å². The molecule has 0 aliphatic rings. The average Bonchev–Trinajstić information content (AvgIpc) is 2.29. The van der Waals surface area contributed by atoms with Gasteiger partial charge in [0.25, 0.3) is 0 Å². The Balaban J connectivity index is 3.01. The SMILES string of the molecule is CCN(c1nnccc1C#N)C(C)CC(=O)O. The number of carboxylic acids is 1. The molecule has 6 heteroatoms. The zero-order valence-corrected chi connectivity index (χ0v) is 9.79. The summed E-state index contributed by atoms with van der Waals surface area (Å²) in [4.78, 5) is 12.5. The minimum atomic E-state index is -0.877. The van der Waals surface area contributed by atoms with Gasteiger partial charge in [0.05, 0.1) is 18.2 Å². The molecule has 1 rings (SSSR count). The molecule has 0 bridgehead atoms. The van der Waals surface area contributed by atoms with Crippen molar-refractivity contribution in [1.82, 2.24) is 10.2 Å². The van der Waals surface area contributed by atoms with E-state index in [1.54, 1.807) is 17.9 Å². The molecule has 0 saturated heterocycles. The highest BCUT2D eigenvalue weighted by Crippen LogP contribution is 2.18. The van der Waals surface area contributed by atoms with Crippen molar-refractivity contribution in [3.8, 4) is 6.07 Å². The third kappa shape index (κ3) is 3.14. The Bertz CT molecular complexity index is 441. The third-order valence-corrected chi connectivity index (χ3v) is 2.44. The van der Waals surface area contributed by atoms with Gasteiger partial charge < -0.3 is 10.0 Å². The molecule has 1 N–H and O–H groups in total. The molecule has 0 spiro atoms. The topological polar surface area (TPSA) is 90.1 Å². The molecule has 90 valence electrons. The first-order valence-corrected chi connectivity index (χ1v) is 5.30. The van der Waals surface area contributed by atoms with Crippen molar-refractivity contribution in [1.29, 1.82) is 5.26 Å². The quantitative estimate of drug-likeness (QED) is 0.818. The Morgan fingerprint density at radius 2 is 2.41 bits per heavy atom. The number of aromatic nitrogens is 2. The van der Waals surface area contributed by atoms with E-state index in [0.717, 1.165) is 0 Å². The predicted molar refractivity (Wildman–Crippen MR) is 61.5 cm³/mol. The van der Waals surface area contributed by atoms with Crippen LogP contribution >= 0.6 is 0 Å². The van der Waals surface area contributed by atoms with Gasteiger partial charge in [0.2, 0.25) is 0 Å². The number of carbonyl (C=O) groups is 1. The molecule has 0 radical (unpaired) electrons. The second kappa shape index (κ2) is 5.80. The van der Waals surface area contributed by atoms with Crippen LogP contribution in [0.1, 0.15) is 25.8 Å². The van der Waals surface area contributed by atoms with Crippen LogP contribution in [0.25, 0.3) is 0 Å². The second-order valence-electron chi connectivity index (χ2n) is 3.61. The van der Waals surface area contributed by atoms with Gasteiger partial charge in [0.15, 0.2) is 5.82 Å². The summed E-state index contributed by atoms with van der Waals surface area (Å²) in [5.41, 5.74) is 0.402. The standard InChI is InChI=1S/C11H14N4O2/c1-3-15(8(2)6-10(16)17)11-9(7-12)4-5-13-14-11/h4-5,8H,3,6H2,1-2H3,(H,16,17). The first-order chi connectivity index (χ1) is 8.10. The van der Waals surface area contributed by atoms with Crippen LogP contribution in [0, 0.1) is 11.3 Å². The summed E-state index contributed by atoms with van der Waals surface area (Å²) in [6, 6.07) is 3.36. The van der Waals surface area contributed by atoms with E-state index < -0.39 is 5.97 Å². The lowest BCUT2D eigenvalue weighted by molar-refractivity contribution is -0.137. The number of nitriles is 1. The minimum Gasteiger partial charge on any atom is -0.481 e. The van der Waals surface area contributed by atoms with Gasteiger partial charge in [-0.3, -0.25) is 4.79 Å². The number of hydrogen-bond acceptors (Lipinski definition) is 5. The van der Waals surface area contributed by atoms with Gasteiger partial charge in [-0.2, -0.15) is 10.4 Å². The fraction of sp³-hybridized carbons (Fsp3) is 0.455. The fourth-order valence-electron chi connectivity index (χ4n) is 1.66. The van der Waals surface area contributed by atoms with Gasteiger partial charge in [-0.25, -0.2) is 0 Å². The Kier molecular flexibility index (Phi) is 4.40. The lowest BCUT2D eigenvalue weighted by Gasteiger charge is -2.28. The number of anilines is 1. The van der Waals surface area contributed by atoms with Crippen molar-refractivity contribution in [2.45, 2.75) is 26.3 Å². The zero-order valence-electron chi connectivity index (χ0n) is 9.79. The van der Waals surface area contributed by atoms with Crippen LogP contribution < -0.4 is 4.90 Å².